The molecule has 4 aliphatic heterocycles. The molecule has 4 aliphatic rings. The van der Waals surface area contributed by atoms with Gasteiger partial charge < -0.3 is 105 Å². The molecule has 0 amide bonds. The quantitative estimate of drug-likeness (QED) is 0.103. The van der Waals surface area contributed by atoms with Gasteiger partial charge in [0.25, 0.3) is 0 Å². The first kappa shape index (κ1) is 37.0. The normalized spacial score (nSPS) is 52.9. The second-order valence-electron chi connectivity index (χ2n) is 11.2. The Labute approximate surface area is 254 Å². The Hall–Kier alpha value is -0.840. The summed E-state index contributed by atoms with van der Waals surface area (Å²) in [5, 5.41) is 142. The van der Waals surface area contributed by atoms with Crippen LogP contribution < -0.4 is 0 Å². The molecule has 4 heterocycles. The molecule has 0 aromatic heterocycles. The number of aliphatic hydroxyl groups is 14. The molecule has 4 fully saturated rings. The summed E-state index contributed by atoms with van der Waals surface area (Å²) in [4.78, 5) is 0. The van der Waals surface area contributed by atoms with Crippen LogP contribution in [0.2, 0.25) is 0 Å². The molecule has 0 radical (unpaired) electrons. The fourth-order valence-corrected chi connectivity index (χ4v) is 5.41. The Kier molecular flexibility index (Phi) is 12.8. The lowest BCUT2D eigenvalue weighted by atomic mass is 9.96. The number of ether oxygens (including phenoxy) is 7. The average molecular weight is 667 g/mol. The van der Waals surface area contributed by atoms with E-state index in [1.165, 1.54) is 0 Å². The molecular weight excluding hydrogens is 624 g/mol. The summed E-state index contributed by atoms with van der Waals surface area (Å²) in [7, 11) is 0. The molecule has 20 atom stereocenters. The number of hydrogen-bond acceptors (Lipinski definition) is 21. The first-order chi connectivity index (χ1) is 21.2. The van der Waals surface area contributed by atoms with Crippen molar-refractivity contribution in [2.24, 2.45) is 0 Å². The van der Waals surface area contributed by atoms with Crippen LogP contribution in [0.4, 0.5) is 0 Å². The third kappa shape index (κ3) is 7.59. The largest absolute Gasteiger partial charge is 0.394 e. The monoisotopic (exact) mass is 666 g/mol. The van der Waals surface area contributed by atoms with E-state index in [9.17, 15) is 71.5 Å². The Balaban J connectivity index is 1.50. The van der Waals surface area contributed by atoms with E-state index >= 15 is 0 Å². The zero-order valence-electron chi connectivity index (χ0n) is 23.5. The lowest BCUT2D eigenvalue weighted by molar-refractivity contribution is -0.389. The molecule has 21 heteroatoms. The van der Waals surface area contributed by atoms with Crippen LogP contribution in [0.3, 0.4) is 0 Å². The van der Waals surface area contributed by atoms with Crippen molar-refractivity contribution in [2.45, 2.75) is 123 Å². The van der Waals surface area contributed by atoms with E-state index < -0.39 is 149 Å². The van der Waals surface area contributed by atoms with E-state index in [2.05, 4.69) is 0 Å². The van der Waals surface area contributed by atoms with Gasteiger partial charge in [0.2, 0.25) is 0 Å². The summed E-state index contributed by atoms with van der Waals surface area (Å²) in [6.45, 7) is -3.15. The van der Waals surface area contributed by atoms with Crippen molar-refractivity contribution in [2.75, 3.05) is 26.4 Å². The molecule has 4 saturated heterocycles. The maximum atomic E-state index is 11.0. The van der Waals surface area contributed by atoms with Crippen LogP contribution in [0.5, 0.6) is 0 Å². The molecule has 0 saturated carbocycles. The third-order valence-electron chi connectivity index (χ3n) is 8.19. The van der Waals surface area contributed by atoms with Crippen molar-refractivity contribution in [1.29, 1.82) is 0 Å². The molecule has 14 N–H and O–H groups in total. The molecule has 0 spiro atoms. The predicted octanol–water partition coefficient (Wildman–Crippen LogP) is -9.75. The van der Waals surface area contributed by atoms with Gasteiger partial charge in [0.1, 0.15) is 97.7 Å². The first-order valence-corrected chi connectivity index (χ1v) is 14.1. The minimum atomic E-state index is -2.06. The van der Waals surface area contributed by atoms with E-state index in [4.69, 9.17) is 33.2 Å². The molecule has 0 aromatic carbocycles. The highest BCUT2D eigenvalue weighted by atomic mass is 16.8. The average Bonchev–Trinajstić information content (AvgIpc) is 3.03. The fraction of sp³-hybridized carbons (Fsp3) is 1.00. The zero-order chi connectivity index (χ0) is 33.3. The highest BCUT2D eigenvalue weighted by Gasteiger charge is 2.54. The highest BCUT2D eigenvalue weighted by Crippen LogP contribution is 2.33. The molecule has 0 aromatic rings. The van der Waals surface area contributed by atoms with Gasteiger partial charge in [0, 0.05) is 0 Å². The van der Waals surface area contributed by atoms with Crippen LogP contribution in [-0.2, 0) is 33.2 Å². The molecule has 0 aliphatic carbocycles. The topological polar surface area (TPSA) is 348 Å². The number of aliphatic hydroxyl groups excluding tert-OH is 14. The first-order valence-electron chi connectivity index (χ1n) is 14.1. The summed E-state index contributed by atoms with van der Waals surface area (Å²) in [5.41, 5.74) is 0. The second-order valence-corrected chi connectivity index (χ2v) is 11.2. The van der Waals surface area contributed by atoms with Gasteiger partial charge in [-0.1, -0.05) is 0 Å². The van der Waals surface area contributed by atoms with E-state index in [1.807, 2.05) is 0 Å². The van der Waals surface area contributed by atoms with Crippen LogP contribution in [0, 0.1) is 0 Å². The van der Waals surface area contributed by atoms with E-state index in [1.54, 1.807) is 0 Å². The van der Waals surface area contributed by atoms with Crippen molar-refractivity contribution in [3.63, 3.8) is 0 Å². The predicted molar refractivity (Wildman–Crippen MR) is 134 cm³/mol. The maximum absolute atomic E-state index is 11.0. The van der Waals surface area contributed by atoms with Gasteiger partial charge in [-0.25, -0.2) is 0 Å². The van der Waals surface area contributed by atoms with Gasteiger partial charge in [-0.05, 0) is 0 Å². The number of hydrogen-bond donors (Lipinski definition) is 14. The maximum Gasteiger partial charge on any atom is 0.187 e. The molecule has 4 rings (SSSR count). The van der Waals surface area contributed by atoms with Gasteiger partial charge >= 0.3 is 0 Å². The highest BCUT2D eigenvalue weighted by molar-refractivity contribution is 4.97. The minimum Gasteiger partial charge on any atom is -0.394 e. The minimum absolute atomic E-state index is 0.704. The van der Waals surface area contributed by atoms with E-state index in [-0.39, 0.29) is 0 Å². The summed E-state index contributed by atoms with van der Waals surface area (Å²) >= 11 is 0. The summed E-state index contributed by atoms with van der Waals surface area (Å²) in [6, 6.07) is 0. The lowest BCUT2D eigenvalue weighted by Gasteiger charge is -2.48. The molecule has 264 valence electrons. The van der Waals surface area contributed by atoms with Gasteiger partial charge in [-0.2, -0.15) is 0 Å². The Morgan fingerprint density at radius 1 is 0.378 bits per heavy atom. The fourth-order valence-electron chi connectivity index (χ4n) is 5.41. The molecular formula is C24H42O21. The Morgan fingerprint density at radius 2 is 0.822 bits per heavy atom. The second kappa shape index (κ2) is 15.6. The van der Waals surface area contributed by atoms with Crippen LogP contribution in [-0.4, -0.2) is 221 Å². The van der Waals surface area contributed by atoms with Crippen molar-refractivity contribution in [1.82, 2.24) is 0 Å². The summed E-state index contributed by atoms with van der Waals surface area (Å²) in [5.74, 6) is 0. The van der Waals surface area contributed by atoms with Crippen LogP contribution in [0.25, 0.3) is 0 Å². The SMILES string of the molecule is OC[C@H]1O[C@H](OC[C@H]2OC(O)[C@@H](O)[C@@H](O[C@H]3O[C@H](CO)[C@@H](O)[C@H](O)[C@@H]3O[C@H]3O[C@H](CO)[C@@H](O)[C@H](O)[C@@H]3O)[C@@H]2O)[C@@H](O)[C@@H](O)[C@@H]1O. The summed E-state index contributed by atoms with van der Waals surface area (Å²) < 4.78 is 37.7. The van der Waals surface area contributed by atoms with Crippen LogP contribution in [0.1, 0.15) is 0 Å². The van der Waals surface area contributed by atoms with Crippen molar-refractivity contribution in [3.05, 3.63) is 0 Å². The Morgan fingerprint density at radius 3 is 1.36 bits per heavy atom. The standard InChI is InChI=1S/C24H42O21/c25-1-5-9(28)13(32)16(35)22(41-5)39-4-8-12(31)19(18(37)21(38)40-8)44-24-20(15(34)11(30)7(3-27)43-24)45-23-17(36)14(33)10(29)6(2-26)42-23/h5-38H,1-4H2/t5-,6-,7-,8-,9-,10-,11-,12-,13+,14+,15+,16+,17+,18+,19+,20+,21?,22+,23-,24-/m1/s1. The van der Waals surface area contributed by atoms with Crippen molar-refractivity contribution >= 4 is 0 Å². The molecule has 45 heavy (non-hydrogen) atoms. The third-order valence-corrected chi connectivity index (χ3v) is 8.19. The van der Waals surface area contributed by atoms with Gasteiger partial charge in [0.15, 0.2) is 25.2 Å². The zero-order valence-corrected chi connectivity index (χ0v) is 23.5. The Bertz CT molecular complexity index is 914. The van der Waals surface area contributed by atoms with Crippen LogP contribution in [0.15, 0.2) is 0 Å². The lowest BCUT2D eigenvalue weighted by Crippen LogP contribution is -2.67. The van der Waals surface area contributed by atoms with Crippen LogP contribution >= 0.6 is 0 Å². The van der Waals surface area contributed by atoms with E-state index in [0.717, 1.165) is 0 Å². The molecule has 0 bridgehead atoms. The number of rotatable bonds is 10. The summed E-state index contributed by atoms with van der Waals surface area (Å²) in [6.07, 6.45) is -35.7. The van der Waals surface area contributed by atoms with Gasteiger partial charge in [-0.15, -0.1) is 0 Å². The van der Waals surface area contributed by atoms with Gasteiger partial charge in [-0.3, -0.25) is 0 Å². The smallest absolute Gasteiger partial charge is 0.187 e. The van der Waals surface area contributed by atoms with Crippen molar-refractivity contribution in [3.8, 4) is 0 Å². The van der Waals surface area contributed by atoms with Gasteiger partial charge in [0.05, 0.1) is 26.4 Å². The van der Waals surface area contributed by atoms with Crippen molar-refractivity contribution < 1.29 is 105 Å². The molecule has 21 nitrogen and oxygen atoms in total. The van der Waals surface area contributed by atoms with E-state index in [0.29, 0.717) is 0 Å². The molecule has 1 unspecified atom stereocenters.